The van der Waals surface area contributed by atoms with Crippen molar-refractivity contribution in [2.75, 3.05) is 51.2 Å². The fourth-order valence-electron chi connectivity index (χ4n) is 3.42. The molecule has 0 unspecified atom stereocenters. The van der Waals surface area contributed by atoms with Crippen LogP contribution in [0.5, 0.6) is 0 Å². The van der Waals surface area contributed by atoms with E-state index >= 15 is 0 Å². The van der Waals surface area contributed by atoms with Crippen LogP contribution in [0.2, 0.25) is 0 Å². The first-order valence-corrected chi connectivity index (χ1v) is 8.19. The average molecular weight is 289 g/mol. The second-order valence-corrected chi connectivity index (χ2v) is 6.34. The molecule has 0 atom stereocenters. The molecule has 0 bridgehead atoms. The van der Waals surface area contributed by atoms with Crippen LogP contribution in [-0.2, 0) is 13.0 Å². The van der Waals surface area contributed by atoms with E-state index in [1.165, 1.54) is 30.0 Å². The third kappa shape index (κ3) is 3.19. The van der Waals surface area contributed by atoms with Gasteiger partial charge in [0.05, 0.1) is 5.69 Å². The van der Waals surface area contributed by atoms with Gasteiger partial charge < -0.3 is 9.80 Å². The molecular formula is C16H27N5. The highest BCUT2D eigenvalue weighted by Gasteiger charge is 2.25. The topological polar surface area (TPSA) is 35.5 Å². The number of aromatic nitrogens is 2. The molecule has 21 heavy (non-hydrogen) atoms. The summed E-state index contributed by atoms with van der Waals surface area (Å²) >= 11 is 0. The summed E-state index contributed by atoms with van der Waals surface area (Å²) in [6, 6.07) is 0. The molecule has 5 heteroatoms. The maximum atomic E-state index is 4.78. The number of fused-ring (bicyclic) bond motifs is 1. The predicted octanol–water partition coefficient (Wildman–Crippen LogP) is 1.30. The van der Waals surface area contributed by atoms with Gasteiger partial charge >= 0.3 is 0 Å². The zero-order valence-corrected chi connectivity index (χ0v) is 13.6. The zero-order chi connectivity index (χ0) is 14.8. The molecule has 2 aliphatic heterocycles. The van der Waals surface area contributed by atoms with Gasteiger partial charge in [0.15, 0.2) is 0 Å². The summed E-state index contributed by atoms with van der Waals surface area (Å²) in [4.78, 5) is 16.8. The normalized spacial score (nSPS) is 20.6. The molecule has 1 saturated heterocycles. The van der Waals surface area contributed by atoms with E-state index in [4.69, 9.17) is 4.98 Å². The summed E-state index contributed by atoms with van der Waals surface area (Å²) in [5, 5.41) is 0. The van der Waals surface area contributed by atoms with Crippen molar-refractivity contribution in [3.8, 4) is 0 Å². The molecule has 0 aliphatic carbocycles. The monoisotopic (exact) mass is 289 g/mol. The van der Waals surface area contributed by atoms with Crippen molar-refractivity contribution >= 4 is 5.82 Å². The van der Waals surface area contributed by atoms with E-state index in [-0.39, 0.29) is 0 Å². The Kier molecular flexibility index (Phi) is 4.40. The van der Waals surface area contributed by atoms with E-state index in [1.807, 2.05) is 6.92 Å². The van der Waals surface area contributed by atoms with Gasteiger partial charge in [-0.1, -0.05) is 6.92 Å². The Morgan fingerprint density at radius 1 is 1.05 bits per heavy atom. The first-order chi connectivity index (χ1) is 10.2. The standard InChI is InChI=1S/C16H27N5/c1-4-6-20-8-10-21(11-9-20)16-14-5-7-19(3)12-15(14)17-13(2)18-16/h4-12H2,1-3H3. The summed E-state index contributed by atoms with van der Waals surface area (Å²) in [7, 11) is 2.17. The molecule has 0 aromatic carbocycles. The lowest BCUT2D eigenvalue weighted by Gasteiger charge is -2.37. The maximum Gasteiger partial charge on any atom is 0.135 e. The minimum Gasteiger partial charge on any atom is -0.354 e. The average Bonchev–Trinajstić information content (AvgIpc) is 2.47. The van der Waals surface area contributed by atoms with E-state index < -0.39 is 0 Å². The number of hydrogen-bond acceptors (Lipinski definition) is 5. The molecule has 116 valence electrons. The van der Waals surface area contributed by atoms with Gasteiger partial charge in [0.2, 0.25) is 0 Å². The minimum absolute atomic E-state index is 0.912. The van der Waals surface area contributed by atoms with Crippen LogP contribution in [0.25, 0.3) is 0 Å². The van der Waals surface area contributed by atoms with Gasteiger partial charge in [-0.2, -0.15) is 0 Å². The summed E-state index contributed by atoms with van der Waals surface area (Å²) in [6.07, 6.45) is 2.32. The highest BCUT2D eigenvalue weighted by atomic mass is 15.3. The Morgan fingerprint density at radius 2 is 1.81 bits per heavy atom. The molecule has 0 amide bonds. The molecular weight excluding hydrogens is 262 g/mol. The predicted molar refractivity (Wildman–Crippen MR) is 85.8 cm³/mol. The van der Waals surface area contributed by atoms with Crippen LogP contribution in [-0.4, -0.2) is 66.1 Å². The van der Waals surface area contributed by atoms with Gasteiger partial charge in [-0.25, -0.2) is 9.97 Å². The smallest absolute Gasteiger partial charge is 0.135 e. The Hall–Kier alpha value is -1.20. The van der Waals surface area contributed by atoms with Crippen LogP contribution in [0.4, 0.5) is 5.82 Å². The van der Waals surface area contributed by atoms with Crippen molar-refractivity contribution in [1.82, 2.24) is 19.8 Å². The van der Waals surface area contributed by atoms with Crippen molar-refractivity contribution in [2.45, 2.75) is 33.2 Å². The number of aryl methyl sites for hydroxylation is 1. The van der Waals surface area contributed by atoms with Crippen molar-refractivity contribution in [1.29, 1.82) is 0 Å². The van der Waals surface area contributed by atoms with Crippen LogP contribution in [0.3, 0.4) is 0 Å². The van der Waals surface area contributed by atoms with Gasteiger partial charge in [-0.15, -0.1) is 0 Å². The summed E-state index contributed by atoms with van der Waals surface area (Å²) in [6.45, 7) is 12.1. The third-order valence-corrected chi connectivity index (χ3v) is 4.56. The number of nitrogens with zero attached hydrogens (tertiary/aromatic N) is 5. The number of anilines is 1. The number of piperazine rings is 1. The highest BCUT2D eigenvalue weighted by Crippen LogP contribution is 2.26. The van der Waals surface area contributed by atoms with Crippen molar-refractivity contribution in [2.24, 2.45) is 0 Å². The van der Waals surface area contributed by atoms with Gasteiger partial charge in [0.1, 0.15) is 11.6 Å². The fraction of sp³-hybridized carbons (Fsp3) is 0.750. The Bertz CT molecular complexity index is 494. The molecule has 3 heterocycles. The molecule has 0 saturated carbocycles. The van der Waals surface area contributed by atoms with Gasteiger partial charge in [0, 0.05) is 44.8 Å². The van der Waals surface area contributed by atoms with E-state index in [1.54, 1.807) is 0 Å². The van der Waals surface area contributed by atoms with Crippen LogP contribution in [0, 0.1) is 6.92 Å². The molecule has 0 N–H and O–H groups in total. The molecule has 5 nitrogen and oxygen atoms in total. The highest BCUT2D eigenvalue weighted by molar-refractivity contribution is 5.50. The maximum absolute atomic E-state index is 4.78. The third-order valence-electron chi connectivity index (χ3n) is 4.56. The Balaban J connectivity index is 1.80. The quantitative estimate of drug-likeness (QED) is 0.838. The lowest BCUT2D eigenvalue weighted by Crippen LogP contribution is -2.47. The fourth-order valence-corrected chi connectivity index (χ4v) is 3.42. The summed E-state index contributed by atoms with van der Waals surface area (Å²) in [5.74, 6) is 2.12. The second-order valence-electron chi connectivity index (χ2n) is 6.34. The zero-order valence-electron chi connectivity index (χ0n) is 13.6. The molecule has 1 aromatic rings. The SMILES string of the molecule is CCCN1CCN(c2nc(C)nc3c2CCN(C)C3)CC1. The molecule has 2 aliphatic rings. The van der Waals surface area contributed by atoms with Gasteiger partial charge in [0.25, 0.3) is 0 Å². The van der Waals surface area contributed by atoms with Crippen molar-refractivity contribution in [3.63, 3.8) is 0 Å². The summed E-state index contributed by atoms with van der Waals surface area (Å²) in [5.41, 5.74) is 2.63. The lowest BCUT2D eigenvalue weighted by atomic mass is 10.0. The van der Waals surface area contributed by atoms with E-state index in [2.05, 4.69) is 33.7 Å². The number of rotatable bonds is 3. The van der Waals surface area contributed by atoms with Crippen LogP contribution in [0.15, 0.2) is 0 Å². The molecule has 0 radical (unpaired) electrons. The van der Waals surface area contributed by atoms with Crippen LogP contribution < -0.4 is 4.90 Å². The van der Waals surface area contributed by atoms with Crippen molar-refractivity contribution in [3.05, 3.63) is 17.1 Å². The number of likely N-dealkylation sites (N-methyl/N-ethyl adjacent to an activating group) is 1. The Labute approximate surface area is 128 Å². The van der Waals surface area contributed by atoms with Gasteiger partial charge in [-0.05, 0) is 33.4 Å². The molecule has 0 spiro atoms. The Morgan fingerprint density at radius 3 is 2.52 bits per heavy atom. The first-order valence-electron chi connectivity index (χ1n) is 8.19. The molecule has 1 fully saturated rings. The van der Waals surface area contributed by atoms with E-state index in [0.717, 1.165) is 51.5 Å². The lowest BCUT2D eigenvalue weighted by molar-refractivity contribution is 0.257. The van der Waals surface area contributed by atoms with E-state index in [9.17, 15) is 0 Å². The summed E-state index contributed by atoms with van der Waals surface area (Å²) < 4.78 is 0. The van der Waals surface area contributed by atoms with Gasteiger partial charge in [-0.3, -0.25) is 4.90 Å². The first kappa shape index (κ1) is 14.7. The molecule has 3 rings (SSSR count). The van der Waals surface area contributed by atoms with E-state index in [0.29, 0.717) is 0 Å². The van der Waals surface area contributed by atoms with Crippen molar-refractivity contribution < 1.29 is 0 Å². The largest absolute Gasteiger partial charge is 0.354 e. The second kappa shape index (κ2) is 6.28. The minimum atomic E-state index is 0.912. The molecule has 1 aromatic heterocycles. The van der Waals surface area contributed by atoms with Crippen LogP contribution >= 0.6 is 0 Å². The van der Waals surface area contributed by atoms with Crippen LogP contribution in [0.1, 0.15) is 30.4 Å². The number of hydrogen-bond donors (Lipinski definition) is 0.